The van der Waals surface area contributed by atoms with Gasteiger partial charge in [0.1, 0.15) is 24.2 Å². The van der Waals surface area contributed by atoms with Gasteiger partial charge in [0.15, 0.2) is 6.20 Å². The molecule has 1 amide bonds. The fraction of sp³-hybridized carbons (Fsp3) is 0.286. The molecule has 118 valence electrons. The van der Waals surface area contributed by atoms with Crippen LogP contribution in [0.25, 0.3) is 5.65 Å². The Hall–Kier alpha value is -2.39. The highest BCUT2D eigenvalue weighted by molar-refractivity contribution is 8.00. The average Bonchev–Trinajstić information content (AvgIpc) is 2.96. The molecule has 0 aliphatic carbocycles. The van der Waals surface area contributed by atoms with E-state index in [0.717, 1.165) is 5.65 Å². The molecule has 2 aromatic heterocycles. The van der Waals surface area contributed by atoms with Gasteiger partial charge in [0.05, 0.1) is 17.9 Å². The second-order valence-corrected chi connectivity index (χ2v) is 6.53. The van der Waals surface area contributed by atoms with Crippen molar-refractivity contribution in [1.29, 1.82) is 0 Å². The van der Waals surface area contributed by atoms with Crippen LogP contribution < -0.4 is 15.4 Å². The van der Waals surface area contributed by atoms with Crippen molar-refractivity contribution < 1.29 is 19.3 Å². The van der Waals surface area contributed by atoms with Gasteiger partial charge in [-0.1, -0.05) is 5.10 Å². The molecule has 0 radical (unpaired) electrons. The van der Waals surface area contributed by atoms with Crippen LogP contribution in [0, 0.1) is 0 Å². The lowest BCUT2D eigenvalue weighted by Crippen LogP contribution is -2.69. The summed E-state index contributed by atoms with van der Waals surface area (Å²) >= 11 is 1.48. The number of thioether (sulfide) groups is 1. The van der Waals surface area contributed by atoms with Gasteiger partial charge in [-0.15, -0.1) is 16.3 Å². The van der Waals surface area contributed by atoms with Crippen molar-refractivity contribution in [3.8, 4) is 0 Å². The first-order valence-electron chi connectivity index (χ1n) is 7.03. The minimum Gasteiger partial charge on any atom is -0.543 e. The van der Waals surface area contributed by atoms with Crippen molar-refractivity contribution >= 4 is 29.3 Å². The van der Waals surface area contributed by atoms with Crippen LogP contribution >= 0.6 is 11.8 Å². The van der Waals surface area contributed by atoms with Crippen molar-refractivity contribution in [2.45, 2.75) is 18.0 Å². The molecule has 2 aliphatic rings. The van der Waals surface area contributed by atoms with Crippen LogP contribution in [0.5, 0.6) is 0 Å². The monoisotopic (exact) mass is 331 g/mol. The van der Waals surface area contributed by atoms with Crippen LogP contribution in [0.3, 0.4) is 0 Å². The number of amides is 1. The number of hydrogen-bond donors (Lipinski definition) is 1. The zero-order valence-corrected chi connectivity index (χ0v) is 12.8. The number of carboxylic acid groups (broad SMARTS) is 1. The lowest BCUT2D eigenvalue weighted by atomic mass is 10.0. The molecular formula is C14H13N5O3S. The summed E-state index contributed by atoms with van der Waals surface area (Å²) in [7, 11) is 0. The van der Waals surface area contributed by atoms with Crippen molar-refractivity contribution in [2.75, 3.05) is 5.75 Å². The topological polar surface area (TPSA) is 108 Å². The van der Waals surface area contributed by atoms with Gasteiger partial charge in [0, 0.05) is 17.4 Å². The molecule has 1 fully saturated rings. The van der Waals surface area contributed by atoms with Crippen molar-refractivity contribution in [3.05, 3.63) is 42.0 Å². The second-order valence-electron chi connectivity index (χ2n) is 5.43. The van der Waals surface area contributed by atoms with E-state index in [1.54, 1.807) is 16.9 Å². The summed E-state index contributed by atoms with van der Waals surface area (Å²) in [5.41, 5.74) is 7.15. The second kappa shape index (κ2) is 5.07. The first-order valence-corrected chi connectivity index (χ1v) is 8.08. The number of fused-ring (bicyclic) bond motifs is 2. The fourth-order valence-electron chi connectivity index (χ4n) is 2.97. The Morgan fingerprint density at radius 3 is 3.17 bits per heavy atom. The first-order chi connectivity index (χ1) is 11.1. The minimum atomic E-state index is -1.34. The molecule has 0 unspecified atom stereocenters. The van der Waals surface area contributed by atoms with Crippen LogP contribution in [-0.2, 0) is 16.1 Å². The molecule has 4 heterocycles. The molecule has 0 saturated carbocycles. The summed E-state index contributed by atoms with van der Waals surface area (Å²) in [6.45, 7) is 0.351. The van der Waals surface area contributed by atoms with Crippen LogP contribution in [-0.4, -0.2) is 43.6 Å². The van der Waals surface area contributed by atoms with Crippen LogP contribution in [0.15, 0.2) is 42.0 Å². The smallest absolute Gasteiger partial charge is 0.307 e. The lowest BCUT2D eigenvalue weighted by Gasteiger charge is -2.49. The third-order valence-electron chi connectivity index (χ3n) is 4.08. The van der Waals surface area contributed by atoms with Gasteiger partial charge in [-0.2, -0.15) is 0 Å². The molecule has 2 atom stereocenters. The largest absolute Gasteiger partial charge is 0.543 e. The van der Waals surface area contributed by atoms with Crippen molar-refractivity contribution in [2.24, 2.45) is 5.73 Å². The molecule has 8 nitrogen and oxygen atoms in total. The Morgan fingerprint density at radius 2 is 2.39 bits per heavy atom. The van der Waals surface area contributed by atoms with Gasteiger partial charge >= 0.3 is 5.65 Å². The molecule has 2 aromatic rings. The highest BCUT2D eigenvalue weighted by Crippen LogP contribution is 2.39. The Kier molecular flexibility index (Phi) is 3.13. The molecule has 0 bridgehead atoms. The van der Waals surface area contributed by atoms with Gasteiger partial charge < -0.3 is 15.6 Å². The summed E-state index contributed by atoms with van der Waals surface area (Å²) in [6.07, 6.45) is 5.28. The SMILES string of the molecule is N[C@H]1C(=O)N2C(C(=O)[O-])=C(C[n+]3ccn4ncccc43)CS[C@H]12. The molecule has 1 saturated heterocycles. The third-order valence-corrected chi connectivity index (χ3v) is 5.44. The minimum absolute atomic E-state index is 0.0452. The summed E-state index contributed by atoms with van der Waals surface area (Å²) in [4.78, 5) is 24.7. The van der Waals surface area contributed by atoms with Gasteiger partial charge in [0.2, 0.25) is 5.91 Å². The van der Waals surface area contributed by atoms with Crippen molar-refractivity contribution in [3.63, 3.8) is 0 Å². The normalized spacial score (nSPS) is 23.9. The number of β-lactam (4-membered cyclic amide) rings is 1. The molecule has 0 aromatic carbocycles. The van der Waals surface area contributed by atoms with E-state index >= 15 is 0 Å². The Balaban J connectivity index is 1.74. The number of rotatable bonds is 3. The van der Waals surface area contributed by atoms with E-state index in [1.807, 2.05) is 22.9 Å². The standard InChI is InChI=1S/C14H13N5O3S/c15-10-12(20)19-11(14(21)22)8(7-23-13(10)19)6-17-4-5-18-9(17)2-1-3-16-18/h1-5,10,13H,6-7,15H2/t10-,13+/m0/s1. The van der Waals surface area contributed by atoms with Crippen LogP contribution in [0.1, 0.15) is 0 Å². The number of aromatic nitrogens is 3. The van der Waals surface area contributed by atoms with Gasteiger partial charge in [0.25, 0.3) is 0 Å². The molecule has 2 N–H and O–H groups in total. The molecule has 0 spiro atoms. The van der Waals surface area contributed by atoms with E-state index in [0.29, 0.717) is 17.9 Å². The van der Waals surface area contributed by atoms with E-state index in [4.69, 9.17) is 5.73 Å². The van der Waals surface area contributed by atoms with E-state index in [-0.39, 0.29) is 17.0 Å². The maximum Gasteiger partial charge on any atom is 0.307 e. The number of hydrogen-bond acceptors (Lipinski definition) is 6. The Bertz CT molecular complexity index is 861. The maximum atomic E-state index is 11.9. The summed E-state index contributed by atoms with van der Waals surface area (Å²) in [5.74, 6) is -1.21. The van der Waals surface area contributed by atoms with Gasteiger partial charge in [-0.25, -0.2) is 4.57 Å². The predicted octanol–water partition coefficient (Wildman–Crippen LogP) is -2.13. The van der Waals surface area contributed by atoms with E-state index in [2.05, 4.69) is 5.10 Å². The maximum absolute atomic E-state index is 11.9. The number of aliphatic carboxylic acids is 1. The van der Waals surface area contributed by atoms with Gasteiger partial charge in [-0.05, 0) is 6.07 Å². The number of carbonyl (C=O) groups is 2. The predicted molar refractivity (Wildman–Crippen MR) is 78.5 cm³/mol. The third kappa shape index (κ3) is 2.04. The molecule has 9 heteroatoms. The fourth-order valence-corrected chi connectivity index (χ4v) is 4.25. The van der Waals surface area contributed by atoms with E-state index < -0.39 is 12.0 Å². The number of carboxylic acids is 1. The molecule has 23 heavy (non-hydrogen) atoms. The zero-order valence-electron chi connectivity index (χ0n) is 12.0. The van der Waals surface area contributed by atoms with Crippen LogP contribution in [0.4, 0.5) is 0 Å². The Labute approximate surface area is 135 Å². The summed E-state index contributed by atoms with van der Waals surface area (Å²) in [6, 6.07) is 3.06. The van der Waals surface area contributed by atoms with Crippen LogP contribution in [0.2, 0.25) is 0 Å². The molecule has 2 aliphatic heterocycles. The lowest BCUT2D eigenvalue weighted by molar-refractivity contribution is -0.662. The average molecular weight is 331 g/mol. The molecule has 4 rings (SSSR count). The Morgan fingerprint density at radius 1 is 1.57 bits per heavy atom. The number of imidazole rings is 1. The number of carbonyl (C=O) groups excluding carboxylic acids is 2. The van der Waals surface area contributed by atoms with Crippen molar-refractivity contribution in [1.82, 2.24) is 14.5 Å². The van der Waals surface area contributed by atoms with Gasteiger partial charge in [-0.3, -0.25) is 9.69 Å². The number of nitrogens with two attached hydrogens (primary N) is 1. The first kappa shape index (κ1) is 14.2. The molecular weight excluding hydrogens is 318 g/mol. The number of nitrogens with zero attached hydrogens (tertiary/aromatic N) is 4. The summed E-state index contributed by atoms with van der Waals surface area (Å²) in [5, 5.41) is 15.4. The zero-order chi connectivity index (χ0) is 16.1. The highest BCUT2D eigenvalue weighted by Gasteiger charge is 2.50. The highest BCUT2D eigenvalue weighted by atomic mass is 32.2. The quantitative estimate of drug-likeness (QED) is 0.508. The summed E-state index contributed by atoms with van der Waals surface area (Å²) < 4.78 is 3.58. The van der Waals surface area contributed by atoms with E-state index in [9.17, 15) is 14.7 Å². The van der Waals surface area contributed by atoms with E-state index in [1.165, 1.54) is 16.7 Å².